The molecule has 1 saturated carbocycles. The first-order valence-corrected chi connectivity index (χ1v) is 14.7. The van der Waals surface area contributed by atoms with Gasteiger partial charge in [0.2, 0.25) is 0 Å². The molecule has 1 N–H and O–H groups in total. The number of halogens is 2. The average molecular weight is 732 g/mol. The van der Waals surface area contributed by atoms with E-state index < -0.39 is 0 Å². The quantitative estimate of drug-likeness (QED) is 0.173. The van der Waals surface area contributed by atoms with Crippen molar-refractivity contribution in [3.8, 4) is 5.75 Å². The zero-order chi connectivity index (χ0) is 26.5. The Morgan fingerprint density at radius 1 is 1.03 bits per heavy atom. The third-order valence-corrected chi connectivity index (χ3v) is 8.10. The first kappa shape index (κ1) is 26.8. The van der Waals surface area contributed by atoms with E-state index in [1.807, 2.05) is 60.7 Å². The molecule has 1 aromatic heterocycles. The minimum Gasteiger partial charge on any atom is -0.482 e. The van der Waals surface area contributed by atoms with E-state index in [-0.39, 0.29) is 24.0 Å². The van der Waals surface area contributed by atoms with Crippen molar-refractivity contribution in [2.24, 2.45) is 5.10 Å². The number of carbonyl (C=O) groups excluding carboxylic acids is 1. The number of nitrogens with zero attached hydrogens (tertiary/aromatic N) is 3. The summed E-state index contributed by atoms with van der Waals surface area (Å²) in [4.78, 5) is 30.6. The fourth-order valence-corrected chi connectivity index (χ4v) is 6.78. The number of hydrogen-bond acceptors (Lipinski definition) is 5. The van der Waals surface area contributed by atoms with Gasteiger partial charge in [0.05, 0.1) is 24.3 Å². The zero-order valence-corrected chi connectivity index (χ0v) is 24.9. The van der Waals surface area contributed by atoms with Gasteiger partial charge >= 0.3 is 0 Å². The normalized spacial score (nSPS) is 14.2. The van der Waals surface area contributed by atoms with Gasteiger partial charge in [-0.3, -0.25) is 9.59 Å². The van der Waals surface area contributed by atoms with Gasteiger partial charge < -0.3 is 10.1 Å². The first-order chi connectivity index (χ1) is 18.5. The van der Waals surface area contributed by atoms with Crippen LogP contribution in [-0.2, 0) is 4.79 Å². The monoisotopic (exact) mass is 732 g/mol. The van der Waals surface area contributed by atoms with Crippen LogP contribution in [0.5, 0.6) is 5.75 Å². The predicted molar refractivity (Wildman–Crippen MR) is 167 cm³/mol. The number of carbonyl (C=O) groups is 1. The standard InChI is InChI=1S/C29H26I2N4O3/c30-23-15-19(16-24(31)27(23)38-18-26(36)33-21-11-5-2-6-12-21)17-32-35-28(20-9-3-1-4-10-20)34-25-14-8-7-13-22(25)29(35)37/h2,5-8,11-17,20H,1,3-4,9-10,18H2,(H,33,36). The molecule has 9 heteroatoms. The van der Waals surface area contributed by atoms with E-state index in [0.29, 0.717) is 16.7 Å². The van der Waals surface area contributed by atoms with Gasteiger partial charge in [-0.05, 0) is 100.0 Å². The van der Waals surface area contributed by atoms with E-state index in [1.54, 1.807) is 12.3 Å². The highest BCUT2D eigenvalue weighted by Crippen LogP contribution is 2.32. The molecule has 0 aliphatic heterocycles. The number of aromatic nitrogens is 2. The second-order valence-electron chi connectivity index (χ2n) is 9.20. The molecule has 0 radical (unpaired) electrons. The highest BCUT2D eigenvalue weighted by molar-refractivity contribution is 14.1. The minimum atomic E-state index is -0.230. The van der Waals surface area contributed by atoms with Crippen LogP contribution in [0.25, 0.3) is 10.9 Å². The fourth-order valence-electron chi connectivity index (χ4n) is 4.65. The summed E-state index contributed by atoms with van der Waals surface area (Å²) in [5.41, 5.74) is 2.12. The molecule has 1 aliphatic carbocycles. The van der Waals surface area contributed by atoms with Crippen LogP contribution < -0.4 is 15.6 Å². The fraction of sp³-hybridized carbons (Fsp3) is 0.241. The van der Waals surface area contributed by atoms with Crippen LogP contribution >= 0.6 is 45.2 Å². The zero-order valence-electron chi connectivity index (χ0n) is 20.6. The molecule has 1 amide bonds. The van der Waals surface area contributed by atoms with E-state index in [4.69, 9.17) is 9.72 Å². The van der Waals surface area contributed by atoms with Crippen molar-refractivity contribution >= 4 is 73.9 Å². The summed E-state index contributed by atoms with van der Waals surface area (Å²) in [5.74, 6) is 1.36. The van der Waals surface area contributed by atoms with Gasteiger partial charge in [-0.2, -0.15) is 9.78 Å². The maximum absolute atomic E-state index is 13.4. The lowest BCUT2D eigenvalue weighted by molar-refractivity contribution is -0.118. The van der Waals surface area contributed by atoms with Crippen LogP contribution in [0, 0.1) is 7.14 Å². The molecule has 1 fully saturated rings. The SMILES string of the molecule is O=C(COc1c(I)cc(C=Nn2c(C3CCCCC3)nc3ccccc3c2=O)cc1I)Nc1ccccc1. The highest BCUT2D eigenvalue weighted by atomic mass is 127. The lowest BCUT2D eigenvalue weighted by atomic mass is 9.88. The Labute approximate surface area is 248 Å². The Kier molecular flexibility index (Phi) is 8.72. The van der Waals surface area contributed by atoms with Crippen molar-refractivity contribution in [2.45, 2.75) is 38.0 Å². The van der Waals surface area contributed by atoms with Gasteiger partial charge in [-0.25, -0.2) is 4.98 Å². The molecule has 0 saturated heterocycles. The van der Waals surface area contributed by atoms with Gasteiger partial charge in [0.15, 0.2) is 6.61 Å². The van der Waals surface area contributed by atoms with Crippen LogP contribution in [0.4, 0.5) is 5.69 Å². The summed E-state index contributed by atoms with van der Waals surface area (Å²) in [6.45, 7) is -0.1000. The third-order valence-electron chi connectivity index (χ3n) is 6.50. The largest absolute Gasteiger partial charge is 0.482 e. The number of fused-ring (bicyclic) bond motifs is 1. The summed E-state index contributed by atoms with van der Waals surface area (Å²) < 4.78 is 9.03. The second kappa shape index (κ2) is 12.4. The van der Waals surface area contributed by atoms with Crippen LogP contribution in [-0.4, -0.2) is 28.4 Å². The van der Waals surface area contributed by atoms with Crippen LogP contribution in [0.3, 0.4) is 0 Å². The molecule has 0 bridgehead atoms. The van der Waals surface area contributed by atoms with Crippen molar-refractivity contribution in [1.29, 1.82) is 0 Å². The van der Waals surface area contributed by atoms with E-state index in [1.165, 1.54) is 11.1 Å². The lowest BCUT2D eigenvalue weighted by Gasteiger charge is -2.22. The first-order valence-electron chi connectivity index (χ1n) is 12.5. The van der Waals surface area contributed by atoms with Gasteiger partial charge in [0.25, 0.3) is 11.5 Å². The van der Waals surface area contributed by atoms with Gasteiger partial charge in [-0.1, -0.05) is 49.6 Å². The number of benzene rings is 3. The molecular weight excluding hydrogens is 706 g/mol. The summed E-state index contributed by atoms with van der Waals surface area (Å²) in [6.07, 6.45) is 7.22. The van der Waals surface area contributed by atoms with Crippen molar-refractivity contribution in [3.05, 3.63) is 95.6 Å². The van der Waals surface area contributed by atoms with E-state index in [2.05, 4.69) is 55.6 Å². The number of rotatable bonds is 7. The number of nitrogens with one attached hydrogen (secondary N) is 1. The third kappa shape index (κ3) is 6.25. The summed E-state index contributed by atoms with van der Waals surface area (Å²) >= 11 is 4.38. The van der Waals surface area contributed by atoms with Crippen molar-refractivity contribution in [3.63, 3.8) is 0 Å². The Morgan fingerprint density at radius 2 is 1.71 bits per heavy atom. The maximum atomic E-state index is 13.4. The maximum Gasteiger partial charge on any atom is 0.282 e. The topological polar surface area (TPSA) is 85.6 Å². The molecule has 4 aromatic rings. The lowest BCUT2D eigenvalue weighted by Crippen LogP contribution is -2.25. The molecule has 38 heavy (non-hydrogen) atoms. The summed E-state index contributed by atoms with van der Waals surface area (Å²) in [5, 5.41) is 8.02. The molecule has 0 atom stereocenters. The summed E-state index contributed by atoms with van der Waals surface area (Å²) in [7, 11) is 0. The van der Waals surface area contributed by atoms with Gasteiger partial charge in [0.1, 0.15) is 11.6 Å². The molecule has 1 heterocycles. The number of anilines is 1. The van der Waals surface area contributed by atoms with E-state index >= 15 is 0 Å². The van der Waals surface area contributed by atoms with Crippen LogP contribution in [0.15, 0.2) is 76.6 Å². The number of para-hydroxylation sites is 2. The van der Waals surface area contributed by atoms with Crippen molar-refractivity contribution < 1.29 is 9.53 Å². The molecule has 1 aliphatic rings. The molecule has 7 nitrogen and oxygen atoms in total. The Balaban J connectivity index is 1.38. The molecule has 0 unspecified atom stereocenters. The highest BCUT2D eigenvalue weighted by Gasteiger charge is 2.22. The second-order valence-corrected chi connectivity index (χ2v) is 11.5. The van der Waals surface area contributed by atoms with Crippen LogP contribution in [0.1, 0.15) is 49.4 Å². The summed E-state index contributed by atoms with van der Waals surface area (Å²) in [6, 6.07) is 20.6. The van der Waals surface area contributed by atoms with Gasteiger partial charge in [-0.15, -0.1) is 0 Å². The van der Waals surface area contributed by atoms with Crippen LogP contribution in [0.2, 0.25) is 0 Å². The number of amides is 1. The van der Waals surface area contributed by atoms with E-state index in [9.17, 15) is 9.59 Å². The Bertz CT molecular complexity index is 1520. The molecule has 3 aromatic carbocycles. The van der Waals surface area contributed by atoms with Crippen molar-refractivity contribution in [1.82, 2.24) is 9.66 Å². The molecule has 5 rings (SSSR count). The smallest absolute Gasteiger partial charge is 0.282 e. The van der Waals surface area contributed by atoms with Crippen molar-refractivity contribution in [2.75, 3.05) is 11.9 Å². The molecule has 0 spiro atoms. The minimum absolute atomic E-state index is 0.1000. The molecule has 194 valence electrons. The Hall–Kier alpha value is -2.80. The predicted octanol–water partition coefficient (Wildman–Crippen LogP) is 6.55. The van der Waals surface area contributed by atoms with E-state index in [0.717, 1.165) is 49.9 Å². The van der Waals surface area contributed by atoms with Gasteiger partial charge in [0, 0.05) is 11.6 Å². The average Bonchev–Trinajstić information content (AvgIpc) is 2.93. The number of hydrogen-bond donors (Lipinski definition) is 1. The number of ether oxygens (including phenoxy) is 1. The molecular formula is C29H26I2N4O3. The Morgan fingerprint density at radius 3 is 2.45 bits per heavy atom.